The first kappa shape index (κ1) is 20.9. The van der Waals surface area contributed by atoms with Gasteiger partial charge in [-0.2, -0.15) is 5.10 Å². The Bertz CT molecular complexity index is 1050. The summed E-state index contributed by atoms with van der Waals surface area (Å²) >= 11 is 1.22. The Morgan fingerprint density at radius 2 is 1.86 bits per heavy atom. The normalized spacial score (nSPS) is 11.4. The highest BCUT2D eigenvalue weighted by Crippen LogP contribution is 2.20. The number of hydrogen-bond acceptors (Lipinski definition) is 6. The predicted molar refractivity (Wildman–Crippen MR) is 114 cm³/mol. The zero-order valence-corrected chi connectivity index (χ0v) is 18.0. The van der Waals surface area contributed by atoms with Gasteiger partial charge >= 0.3 is 0 Å². The van der Waals surface area contributed by atoms with Gasteiger partial charge in [-0.25, -0.2) is 9.67 Å². The van der Waals surface area contributed by atoms with Crippen molar-refractivity contribution in [3.63, 3.8) is 0 Å². The molecule has 9 heteroatoms. The number of fused-ring (bicyclic) bond motifs is 1. The van der Waals surface area contributed by atoms with Crippen molar-refractivity contribution >= 4 is 28.7 Å². The van der Waals surface area contributed by atoms with Crippen molar-refractivity contribution in [3.05, 3.63) is 40.8 Å². The summed E-state index contributed by atoms with van der Waals surface area (Å²) in [4.78, 5) is 34.2. The van der Waals surface area contributed by atoms with Crippen molar-refractivity contribution in [2.24, 2.45) is 0 Å². The number of aromatic nitrogens is 4. The largest absolute Gasteiger partial charge is 0.497 e. The van der Waals surface area contributed by atoms with E-state index < -0.39 is 0 Å². The number of methoxy groups -OCH3 is 1. The zero-order valence-electron chi connectivity index (χ0n) is 17.2. The molecule has 0 saturated heterocycles. The van der Waals surface area contributed by atoms with Crippen LogP contribution in [0.15, 0.2) is 40.4 Å². The van der Waals surface area contributed by atoms with Gasteiger partial charge in [0.2, 0.25) is 5.91 Å². The lowest BCUT2D eigenvalue weighted by atomic mass is 10.2. The van der Waals surface area contributed by atoms with E-state index in [1.807, 2.05) is 56.9 Å². The molecule has 0 saturated carbocycles. The van der Waals surface area contributed by atoms with E-state index in [4.69, 9.17) is 4.74 Å². The van der Waals surface area contributed by atoms with Crippen LogP contribution in [0.3, 0.4) is 0 Å². The Morgan fingerprint density at radius 1 is 1.21 bits per heavy atom. The number of rotatable bonds is 7. The summed E-state index contributed by atoms with van der Waals surface area (Å²) in [5, 5.41) is 5.08. The van der Waals surface area contributed by atoms with Crippen LogP contribution in [0.25, 0.3) is 16.7 Å². The molecule has 1 aromatic carbocycles. The molecule has 0 spiro atoms. The van der Waals surface area contributed by atoms with Gasteiger partial charge in [0.05, 0.1) is 24.7 Å². The molecular weight excluding hydrogens is 390 g/mol. The average molecular weight is 416 g/mol. The van der Waals surface area contributed by atoms with Crippen molar-refractivity contribution < 1.29 is 9.53 Å². The maximum Gasteiger partial charge on any atom is 0.262 e. The third-order valence-electron chi connectivity index (χ3n) is 4.47. The average Bonchev–Trinajstić information content (AvgIpc) is 3.10. The van der Waals surface area contributed by atoms with Crippen LogP contribution < -0.4 is 10.3 Å². The first-order valence-corrected chi connectivity index (χ1v) is 10.4. The molecule has 29 heavy (non-hydrogen) atoms. The molecule has 0 atom stereocenters. The number of ether oxygens (including phenoxy) is 1. The Labute approximate surface area is 173 Å². The highest BCUT2D eigenvalue weighted by Gasteiger charge is 2.21. The Morgan fingerprint density at radius 3 is 2.45 bits per heavy atom. The van der Waals surface area contributed by atoms with Crippen molar-refractivity contribution in [3.8, 4) is 11.4 Å². The predicted octanol–water partition coefficient (Wildman–Crippen LogP) is 2.85. The molecule has 0 aliphatic carbocycles. The first-order chi connectivity index (χ1) is 13.8. The molecule has 0 aliphatic heterocycles. The molecule has 1 amide bonds. The number of thioether (sulfide) groups is 1. The fraction of sp³-hybridized carbons (Fsp3) is 0.400. The molecule has 8 nitrogen and oxygen atoms in total. The number of carbonyl (C=O) groups excluding carboxylic acids is 1. The molecule has 0 unspecified atom stereocenters. The quantitative estimate of drug-likeness (QED) is 0.471. The van der Waals surface area contributed by atoms with Gasteiger partial charge in [-0.15, -0.1) is 0 Å². The molecule has 0 aliphatic rings. The Hall–Kier alpha value is -2.81. The number of nitrogens with zero attached hydrogens (tertiary/aromatic N) is 4. The van der Waals surface area contributed by atoms with Crippen LogP contribution in [0, 0.1) is 0 Å². The number of aromatic amines is 1. The maximum absolute atomic E-state index is 12.6. The van der Waals surface area contributed by atoms with Gasteiger partial charge in [0.15, 0.2) is 10.8 Å². The molecule has 1 N–H and O–H groups in total. The summed E-state index contributed by atoms with van der Waals surface area (Å²) in [6, 6.07) is 7.53. The summed E-state index contributed by atoms with van der Waals surface area (Å²) in [7, 11) is 1.60. The smallest absolute Gasteiger partial charge is 0.262 e. The van der Waals surface area contributed by atoms with E-state index in [1.165, 1.54) is 18.0 Å². The fourth-order valence-electron chi connectivity index (χ4n) is 3.26. The highest BCUT2D eigenvalue weighted by molar-refractivity contribution is 7.99. The van der Waals surface area contributed by atoms with Crippen molar-refractivity contribution in [2.75, 3.05) is 12.9 Å². The summed E-state index contributed by atoms with van der Waals surface area (Å²) in [6.07, 6.45) is 1.49. The monoisotopic (exact) mass is 415 g/mol. The standard InChI is InChI=1S/C20H25N5O3S/c1-12(2)24(13(3)4)17(26)11-29-20-22-18-16(19(27)23-20)10-21-25(18)14-6-8-15(28-5)9-7-14/h6-10,12-13H,11H2,1-5H3,(H,22,23,27). The van der Waals surface area contributed by atoms with E-state index >= 15 is 0 Å². The van der Waals surface area contributed by atoms with Crippen LogP contribution in [0.2, 0.25) is 0 Å². The number of hydrogen-bond donors (Lipinski definition) is 1. The molecule has 2 aromatic heterocycles. The molecule has 2 heterocycles. The van der Waals surface area contributed by atoms with Gasteiger partial charge < -0.3 is 14.6 Å². The number of benzene rings is 1. The molecule has 3 aromatic rings. The minimum absolute atomic E-state index is 0.00593. The molecule has 3 rings (SSSR count). The third-order valence-corrected chi connectivity index (χ3v) is 5.32. The van der Waals surface area contributed by atoms with Crippen molar-refractivity contribution in [1.29, 1.82) is 0 Å². The van der Waals surface area contributed by atoms with Gasteiger partial charge in [0, 0.05) is 12.1 Å². The van der Waals surface area contributed by atoms with Crippen LogP contribution >= 0.6 is 11.8 Å². The second-order valence-corrected chi connectivity index (χ2v) is 8.10. The second kappa shape index (κ2) is 8.69. The van der Waals surface area contributed by atoms with E-state index in [2.05, 4.69) is 15.1 Å². The van der Waals surface area contributed by atoms with Gasteiger partial charge in [-0.05, 0) is 52.0 Å². The molecule has 0 bridgehead atoms. The lowest BCUT2D eigenvalue weighted by Gasteiger charge is -2.30. The van der Waals surface area contributed by atoms with Crippen LogP contribution in [0.4, 0.5) is 0 Å². The third kappa shape index (κ3) is 4.45. The summed E-state index contributed by atoms with van der Waals surface area (Å²) in [5.74, 6) is 0.929. The lowest BCUT2D eigenvalue weighted by Crippen LogP contribution is -2.43. The number of carbonyl (C=O) groups is 1. The van der Waals surface area contributed by atoms with E-state index in [0.29, 0.717) is 16.2 Å². The topological polar surface area (TPSA) is 93.1 Å². The van der Waals surface area contributed by atoms with E-state index in [1.54, 1.807) is 11.8 Å². The highest BCUT2D eigenvalue weighted by atomic mass is 32.2. The molecule has 154 valence electrons. The Kier molecular flexibility index (Phi) is 6.26. The van der Waals surface area contributed by atoms with E-state index in [9.17, 15) is 9.59 Å². The van der Waals surface area contributed by atoms with Gasteiger partial charge in [-0.1, -0.05) is 11.8 Å². The van der Waals surface area contributed by atoms with Crippen LogP contribution in [0.1, 0.15) is 27.7 Å². The van der Waals surface area contributed by atoms with E-state index in [0.717, 1.165) is 11.4 Å². The molecular formula is C20H25N5O3S. The van der Waals surface area contributed by atoms with Crippen LogP contribution in [-0.4, -0.2) is 55.5 Å². The molecule has 0 radical (unpaired) electrons. The minimum Gasteiger partial charge on any atom is -0.497 e. The maximum atomic E-state index is 12.6. The SMILES string of the molecule is COc1ccc(-n2ncc3c(=O)[nH]c(SCC(=O)N(C(C)C)C(C)C)nc32)cc1. The zero-order chi connectivity index (χ0) is 21.1. The van der Waals surface area contributed by atoms with Gasteiger partial charge in [0.25, 0.3) is 5.56 Å². The summed E-state index contributed by atoms with van der Waals surface area (Å²) < 4.78 is 6.78. The van der Waals surface area contributed by atoms with Gasteiger partial charge in [0.1, 0.15) is 11.1 Å². The molecule has 0 fully saturated rings. The summed E-state index contributed by atoms with van der Waals surface area (Å²) in [5.41, 5.74) is 0.921. The van der Waals surface area contributed by atoms with Crippen LogP contribution in [-0.2, 0) is 4.79 Å². The summed E-state index contributed by atoms with van der Waals surface area (Å²) in [6.45, 7) is 7.95. The second-order valence-electron chi connectivity index (χ2n) is 7.14. The Balaban J connectivity index is 1.88. The van der Waals surface area contributed by atoms with Crippen LogP contribution in [0.5, 0.6) is 5.75 Å². The first-order valence-electron chi connectivity index (χ1n) is 9.38. The van der Waals surface area contributed by atoms with Crippen molar-refractivity contribution in [1.82, 2.24) is 24.6 Å². The van der Waals surface area contributed by atoms with Crippen molar-refractivity contribution in [2.45, 2.75) is 44.9 Å². The fourth-order valence-corrected chi connectivity index (χ4v) is 3.98. The van der Waals surface area contributed by atoms with Gasteiger partial charge in [-0.3, -0.25) is 9.59 Å². The lowest BCUT2D eigenvalue weighted by molar-refractivity contribution is -0.131. The number of amides is 1. The minimum atomic E-state index is -0.283. The number of H-pyrrole nitrogens is 1. The number of nitrogens with one attached hydrogen (secondary N) is 1. The van der Waals surface area contributed by atoms with E-state index in [-0.39, 0.29) is 29.3 Å².